The number of aromatic nitrogens is 4. The van der Waals surface area contributed by atoms with E-state index in [1.54, 1.807) is 48.5 Å². The number of nitrogens with zero attached hydrogens (tertiary/aromatic N) is 3. The number of nitrogen functional groups attached to an aromatic ring is 1. The van der Waals surface area contributed by atoms with Crippen molar-refractivity contribution < 1.29 is 45.0 Å². The second-order valence-electron chi connectivity index (χ2n) is 22.9. The summed E-state index contributed by atoms with van der Waals surface area (Å²) in [6.07, 6.45) is 2.28. The molecule has 100 heavy (non-hydrogen) atoms. The SMILES string of the molecule is COC(=O)c1ccc(Cl)cc1N.Clc1ccc2c(Br)cc(-c3ccccc3)nc2c1.O=P(Br)(Br)Br.O=c1cc(-c2ccccc2)[nH]c2cc(Cl)ccc12.[2H]c1cc(-c2ccccc2)nc2cc(B3OC(C)(C)C(C)(C)O3)ccc12.[2H]c1cc(-c2ccccc2)nc2cc(Cl)ccc12.[CH2-]CCC.[Li+]. The van der Waals surface area contributed by atoms with E-state index in [9.17, 15) is 14.2 Å². The number of rotatable bonds is 7. The molecular formula is C78H68BBr4Cl4LiN5O6P. The monoisotopic (exact) mass is 1680 g/mol. The van der Waals surface area contributed by atoms with Crippen molar-refractivity contribution in [3.63, 3.8) is 0 Å². The Kier molecular flexibility index (Phi) is 29.7. The third-order valence-corrected chi connectivity index (χ3v) is 16.9. The topological polar surface area (TPSA) is 159 Å². The molecule has 1 aliphatic heterocycles. The minimum Gasteiger partial charge on any atom is -0.465 e. The smallest absolute Gasteiger partial charge is 0.465 e. The maximum absolute atomic E-state index is 12.0. The van der Waals surface area contributed by atoms with Crippen LogP contribution in [0.3, 0.4) is 0 Å². The van der Waals surface area contributed by atoms with Gasteiger partial charge in [-0.1, -0.05) is 233 Å². The molecule has 3 N–H and O–H groups in total. The third kappa shape index (κ3) is 23.6. The van der Waals surface area contributed by atoms with Crippen molar-refractivity contribution in [1.82, 2.24) is 19.9 Å². The fourth-order valence-electron chi connectivity index (χ4n) is 9.48. The van der Waals surface area contributed by atoms with Crippen LogP contribution in [0.1, 0.15) is 60.6 Å². The van der Waals surface area contributed by atoms with Crippen molar-refractivity contribution >= 4 is 180 Å². The molecule has 506 valence electrons. The van der Waals surface area contributed by atoms with Crippen LogP contribution in [-0.2, 0) is 18.6 Å². The zero-order valence-corrected chi connectivity index (χ0v) is 65.8. The van der Waals surface area contributed by atoms with Gasteiger partial charge in [0, 0.05) is 127 Å². The second kappa shape index (κ2) is 38.2. The van der Waals surface area contributed by atoms with E-state index < -0.39 is 16.3 Å². The van der Waals surface area contributed by atoms with E-state index in [0.717, 1.165) is 99.6 Å². The first-order chi connectivity index (χ1) is 48.0. The van der Waals surface area contributed by atoms with E-state index in [-0.39, 0.29) is 35.5 Å². The van der Waals surface area contributed by atoms with E-state index in [1.807, 2.05) is 204 Å². The Morgan fingerprint density at radius 1 is 0.580 bits per heavy atom. The van der Waals surface area contributed by atoms with Gasteiger partial charge in [0.15, 0.2) is 5.43 Å². The van der Waals surface area contributed by atoms with Crippen LogP contribution in [0.15, 0.2) is 258 Å². The minimum absolute atomic E-state index is 0. The van der Waals surface area contributed by atoms with Gasteiger partial charge in [0.1, 0.15) is 0 Å². The summed E-state index contributed by atoms with van der Waals surface area (Å²) in [5.74, 6) is -0.454. The predicted octanol–water partition coefficient (Wildman–Crippen LogP) is 21.5. The number of carbonyl (C=O) groups is 1. The van der Waals surface area contributed by atoms with Crippen molar-refractivity contribution in [1.29, 1.82) is 0 Å². The first kappa shape index (κ1) is 77.7. The number of ether oxygens (including phenoxy) is 1. The van der Waals surface area contributed by atoms with Crippen molar-refractivity contribution in [3.05, 3.63) is 296 Å². The van der Waals surface area contributed by atoms with Crippen molar-refractivity contribution in [2.45, 2.75) is 58.7 Å². The van der Waals surface area contributed by atoms with Gasteiger partial charge >= 0.3 is 31.9 Å². The van der Waals surface area contributed by atoms with E-state index in [1.165, 1.54) is 25.7 Å². The molecule has 4 aromatic heterocycles. The summed E-state index contributed by atoms with van der Waals surface area (Å²) in [4.78, 5) is 40.3. The van der Waals surface area contributed by atoms with Gasteiger partial charge in [-0.2, -0.15) is 6.42 Å². The first-order valence-corrected chi connectivity index (χ1v) is 40.9. The van der Waals surface area contributed by atoms with Crippen LogP contribution in [0.5, 0.6) is 0 Å². The van der Waals surface area contributed by atoms with Gasteiger partial charge in [0.25, 0.3) is 3.25 Å². The zero-order chi connectivity index (χ0) is 73.2. The average molecular weight is 1680 g/mol. The van der Waals surface area contributed by atoms with E-state index >= 15 is 0 Å². The molecule has 11 nitrogen and oxygen atoms in total. The van der Waals surface area contributed by atoms with Crippen LogP contribution in [-0.4, -0.2) is 51.3 Å². The number of fused-ring (bicyclic) bond motifs is 4. The first-order valence-electron chi connectivity index (χ1n) is 31.8. The molecule has 14 rings (SSSR count). The number of unbranched alkanes of at least 4 members (excludes halogenated alkanes) is 1. The molecule has 0 saturated carbocycles. The largest absolute Gasteiger partial charge is 1.00 e. The quantitative estimate of drug-likeness (QED) is 0.0517. The number of esters is 1. The minimum atomic E-state index is -2.20. The van der Waals surface area contributed by atoms with Crippen LogP contribution >= 0.6 is 112 Å². The standard InChI is InChI=1S/C21H22BNO2.C15H9BrClN.C15H10ClNO.C15H10ClN.C8H8ClNO2.C4H9.Br3OP.Li/c1-20(2)21(3,4)25-22(24-20)17-12-10-16-11-13-18(23-19(16)14-17)15-8-6-5-7-9-15;16-13-9-14(10-4-2-1-3-5-10)18-15-8-11(17)6-7-12(13)15;16-11-6-7-12-14(8-11)17-13(9-15(12)18)10-4-2-1-3-5-10;16-13-8-6-12-7-9-14(17-15(12)10-13)11-4-2-1-3-5-11;1-12-8(11)6-3-2-5(9)4-7(6)10;1-3-4-2;1-5(2,3)4;/h5-14H,1-4H3;1-9H;1-9H,(H,17,18);1-10H;2-4H,10H2,1H3;1,3-4H2,2H3;;/q;;;;;-1;;+1/i11D;;;7D;;;;. The van der Waals surface area contributed by atoms with Gasteiger partial charge in [0.05, 0.1) is 65.8 Å². The number of nitrogens with one attached hydrogen (secondary N) is 1. The van der Waals surface area contributed by atoms with E-state index in [0.29, 0.717) is 48.8 Å². The number of pyridine rings is 4. The van der Waals surface area contributed by atoms with Crippen LogP contribution in [0.4, 0.5) is 5.69 Å². The fourth-order valence-corrected chi connectivity index (χ4v) is 10.7. The Hall–Kier alpha value is -6.42. The number of aromatic amines is 1. The molecule has 0 aliphatic carbocycles. The fraction of sp³-hybridized carbons (Fsp3) is 0.128. The maximum Gasteiger partial charge on any atom is 1.00 e. The average Bonchev–Trinajstić information content (AvgIpc) is 1.59. The van der Waals surface area contributed by atoms with Crippen molar-refractivity contribution in [2.75, 3.05) is 12.8 Å². The number of hydrogen-bond acceptors (Lipinski definition) is 10. The summed E-state index contributed by atoms with van der Waals surface area (Å²) < 4.78 is 42.0. The van der Waals surface area contributed by atoms with Crippen molar-refractivity contribution in [3.8, 4) is 45.0 Å². The second-order valence-corrected chi connectivity index (χ2v) is 43.9. The molecule has 9 aromatic carbocycles. The number of methoxy groups -OCH3 is 1. The molecule has 0 unspecified atom stereocenters. The van der Waals surface area contributed by atoms with Crippen LogP contribution < -0.4 is 35.5 Å². The Bertz CT molecular complexity index is 4970. The van der Waals surface area contributed by atoms with Crippen molar-refractivity contribution in [2.24, 2.45) is 0 Å². The molecule has 13 aromatic rings. The van der Waals surface area contributed by atoms with E-state index in [2.05, 4.69) is 95.9 Å². The summed E-state index contributed by atoms with van der Waals surface area (Å²) >= 11 is 35.4. The molecular weight excluding hydrogens is 1610 g/mol. The van der Waals surface area contributed by atoms with Gasteiger partial charge in [-0.05, 0) is 124 Å². The molecule has 1 aliphatic rings. The van der Waals surface area contributed by atoms with Gasteiger partial charge in [-0.3, -0.25) is 9.36 Å². The Labute approximate surface area is 651 Å². The molecule has 1 saturated heterocycles. The Morgan fingerprint density at radius 2 is 0.990 bits per heavy atom. The molecule has 22 heteroatoms. The van der Waals surface area contributed by atoms with Gasteiger partial charge in [-0.25, -0.2) is 19.7 Å². The normalized spacial score (nSPS) is 12.7. The summed E-state index contributed by atoms with van der Waals surface area (Å²) in [5.41, 5.74) is 17.0. The number of hydrogen-bond donors (Lipinski definition) is 2. The van der Waals surface area contributed by atoms with Crippen LogP contribution in [0, 0.1) is 6.92 Å². The maximum atomic E-state index is 12.0. The number of carbonyl (C=O) groups excluding carboxylic acids is 1. The van der Waals surface area contributed by atoms with E-state index in [4.69, 9.17) is 69.2 Å². The van der Waals surface area contributed by atoms with Crippen LogP contribution in [0.25, 0.3) is 88.6 Å². The van der Waals surface area contributed by atoms with Gasteiger partial charge in [-0.15, -0.1) is 0 Å². The summed E-state index contributed by atoms with van der Waals surface area (Å²) in [6, 6.07) is 74.7. The molecule has 0 radical (unpaired) electrons. The molecule has 0 amide bonds. The number of benzene rings is 9. The van der Waals surface area contributed by atoms with Crippen LogP contribution in [0.2, 0.25) is 20.1 Å². The molecule has 0 bridgehead atoms. The molecule has 1 fully saturated rings. The zero-order valence-electron chi connectivity index (χ0n) is 57.6. The Morgan fingerprint density at radius 3 is 1.48 bits per heavy atom. The summed E-state index contributed by atoms with van der Waals surface area (Å²) in [5, 5.41) is 5.82. The molecule has 5 heterocycles. The summed E-state index contributed by atoms with van der Waals surface area (Å²) in [7, 11) is 0.872. The predicted molar refractivity (Wildman–Crippen MR) is 432 cm³/mol. The molecule has 0 atom stereocenters. The van der Waals surface area contributed by atoms with Gasteiger partial charge < -0.3 is 31.7 Å². The number of halogens is 8. The number of nitrogens with two attached hydrogens (primary N) is 1. The number of H-pyrrole nitrogens is 1. The summed E-state index contributed by atoms with van der Waals surface area (Å²) in [6.45, 7) is 13.9. The molecule has 0 spiro atoms. The number of anilines is 1. The van der Waals surface area contributed by atoms with Gasteiger partial charge in [0.2, 0.25) is 0 Å². The third-order valence-electron chi connectivity index (χ3n) is 15.3. The Balaban J connectivity index is 0.000000176.